The lowest BCUT2D eigenvalue weighted by atomic mass is 9.98. The van der Waals surface area contributed by atoms with E-state index in [4.69, 9.17) is 5.11 Å². The van der Waals surface area contributed by atoms with Crippen LogP contribution in [0.1, 0.15) is 103 Å². The van der Waals surface area contributed by atoms with Crippen LogP contribution >= 0.6 is 0 Å². The van der Waals surface area contributed by atoms with Crippen LogP contribution in [0.15, 0.2) is 12.2 Å². The van der Waals surface area contributed by atoms with Gasteiger partial charge in [0.1, 0.15) is 0 Å². The number of hydrogen-bond donors (Lipinski definition) is 2. The molecule has 160 valence electrons. The van der Waals surface area contributed by atoms with Crippen molar-refractivity contribution in [3.8, 4) is 0 Å². The molecule has 0 rings (SSSR count). The third-order valence-electron chi connectivity index (χ3n) is 4.88. The number of rotatable bonds is 17. The molecule has 0 aromatic rings. The third-order valence-corrected chi connectivity index (χ3v) is 4.88. The van der Waals surface area contributed by atoms with Crippen LogP contribution < -0.4 is 0 Å². The van der Waals surface area contributed by atoms with Crippen LogP contribution in [0.25, 0.3) is 0 Å². The molecule has 0 unspecified atom stereocenters. The minimum absolute atomic E-state index is 0.602. The largest absolute Gasteiger partial charge is 0.479 e. The summed E-state index contributed by atoms with van der Waals surface area (Å²) in [5.74, 6) is -2.26. The number of alkyl halides is 3. The Kier molecular flexibility index (Phi) is 14.4. The Hall–Kier alpha value is -1.04. The van der Waals surface area contributed by atoms with Crippen molar-refractivity contribution in [2.45, 2.75) is 115 Å². The molecule has 6 heteroatoms. The highest BCUT2D eigenvalue weighted by atomic mass is 19.4. The van der Waals surface area contributed by atoms with Crippen LogP contribution in [0, 0.1) is 0 Å². The predicted octanol–water partition coefficient (Wildman–Crippen LogP) is 6.79. The van der Waals surface area contributed by atoms with Crippen LogP contribution in [0.2, 0.25) is 0 Å². The minimum Gasteiger partial charge on any atom is -0.479 e. The fourth-order valence-corrected chi connectivity index (χ4v) is 2.98. The average molecular weight is 395 g/mol. The molecule has 0 aliphatic rings. The highest BCUT2D eigenvalue weighted by Gasteiger charge is 2.59. The Morgan fingerprint density at radius 3 is 1.56 bits per heavy atom. The molecule has 0 aliphatic heterocycles. The molecule has 0 fully saturated rings. The molecule has 0 saturated carbocycles. The van der Waals surface area contributed by atoms with Gasteiger partial charge in [0.05, 0.1) is 0 Å². The molecule has 0 amide bonds. The first-order chi connectivity index (χ1) is 12.8. The Balaban J connectivity index is 3.56. The monoisotopic (exact) mass is 394 g/mol. The molecule has 0 aromatic carbocycles. The molecular weight excluding hydrogens is 357 g/mol. The highest BCUT2D eigenvalue weighted by molar-refractivity contribution is 5.78. The summed E-state index contributed by atoms with van der Waals surface area (Å²) >= 11 is 0. The van der Waals surface area contributed by atoms with Crippen LogP contribution in [-0.4, -0.2) is 28.0 Å². The minimum atomic E-state index is -5.18. The first-order valence-electron chi connectivity index (χ1n) is 10.4. The number of aliphatic hydroxyl groups is 1. The number of unbranched alkanes of at least 4 members (excludes halogenated alkanes) is 13. The average Bonchev–Trinajstić information content (AvgIpc) is 2.60. The fraction of sp³-hybridized carbons (Fsp3) is 0.857. The van der Waals surface area contributed by atoms with E-state index in [2.05, 4.69) is 6.92 Å². The summed E-state index contributed by atoms with van der Waals surface area (Å²) in [6.07, 6.45) is 13.1. The summed E-state index contributed by atoms with van der Waals surface area (Å²) in [7, 11) is 0. The van der Waals surface area contributed by atoms with Gasteiger partial charge in [-0.1, -0.05) is 96.1 Å². The van der Waals surface area contributed by atoms with Gasteiger partial charge in [0.25, 0.3) is 5.60 Å². The topological polar surface area (TPSA) is 57.5 Å². The van der Waals surface area contributed by atoms with Crippen LogP contribution in [0.5, 0.6) is 0 Å². The zero-order valence-corrected chi connectivity index (χ0v) is 16.7. The molecular formula is C21H37F3O3. The highest BCUT2D eigenvalue weighted by Crippen LogP contribution is 2.33. The van der Waals surface area contributed by atoms with E-state index in [-0.39, 0.29) is 0 Å². The third kappa shape index (κ3) is 12.1. The van der Waals surface area contributed by atoms with E-state index in [1.807, 2.05) is 0 Å². The maximum absolute atomic E-state index is 12.6. The summed E-state index contributed by atoms with van der Waals surface area (Å²) in [6, 6.07) is 0. The maximum atomic E-state index is 12.6. The van der Waals surface area contributed by atoms with Gasteiger partial charge in [0, 0.05) is 6.42 Å². The first-order valence-corrected chi connectivity index (χ1v) is 10.4. The molecule has 1 atom stereocenters. The lowest BCUT2D eigenvalue weighted by molar-refractivity contribution is -0.258. The van der Waals surface area contributed by atoms with Gasteiger partial charge in [-0.2, -0.15) is 13.2 Å². The van der Waals surface area contributed by atoms with Crippen LogP contribution in [0.3, 0.4) is 0 Å². The van der Waals surface area contributed by atoms with E-state index >= 15 is 0 Å². The smallest absolute Gasteiger partial charge is 0.428 e. The van der Waals surface area contributed by atoms with Crippen LogP contribution in [0.4, 0.5) is 13.2 Å². The number of aliphatic carboxylic acids is 1. The zero-order valence-electron chi connectivity index (χ0n) is 16.7. The second kappa shape index (κ2) is 14.9. The summed E-state index contributed by atoms with van der Waals surface area (Å²) in [5.41, 5.74) is -3.69. The summed E-state index contributed by atoms with van der Waals surface area (Å²) in [5, 5.41) is 17.9. The molecule has 2 N–H and O–H groups in total. The Morgan fingerprint density at radius 2 is 1.19 bits per heavy atom. The van der Waals surface area contributed by atoms with Gasteiger partial charge in [-0.05, 0) is 12.8 Å². The van der Waals surface area contributed by atoms with Crippen LogP contribution in [-0.2, 0) is 4.79 Å². The SMILES string of the molecule is CCCCCCCCCCCCCCC/C=C\C[C@](O)(C(=O)O)C(F)(F)F. The van der Waals surface area contributed by atoms with Crippen molar-refractivity contribution in [1.29, 1.82) is 0 Å². The molecule has 0 saturated heterocycles. The van der Waals surface area contributed by atoms with E-state index in [1.165, 1.54) is 70.3 Å². The summed E-state index contributed by atoms with van der Waals surface area (Å²) < 4.78 is 37.8. The van der Waals surface area contributed by atoms with Gasteiger partial charge >= 0.3 is 12.1 Å². The van der Waals surface area contributed by atoms with E-state index in [9.17, 15) is 23.1 Å². The van der Waals surface area contributed by atoms with Crippen molar-refractivity contribution >= 4 is 5.97 Å². The van der Waals surface area contributed by atoms with Gasteiger partial charge in [0.2, 0.25) is 0 Å². The number of carboxylic acid groups (broad SMARTS) is 1. The number of halogens is 3. The molecule has 0 bridgehead atoms. The lowest BCUT2D eigenvalue weighted by Crippen LogP contribution is -2.51. The van der Waals surface area contributed by atoms with Crippen molar-refractivity contribution in [3.63, 3.8) is 0 Å². The zero-order chi connectivity index (χ0) is 20.6. The Morgan fingerprint density at radius 1 is 0.778 bits per heavy atom. The summed E-state index contributed by atoms with van der Waals surface area (Å²) in [6.45, 7) is 2.23. The normalized spacial score (nSPS) is 14.6. The molecule has 3 nitrogen and oxygen atoms in total. The van der Waals surface area contributed by atoms with Gasteiger partial charge in [-0.3, -0.25) is 0 Å². The summed E-state index contributed by atoms with van der Waals surface area (Å²) in [4.78, 5) is 10.7. The first kappa shape index (κ1) is 26.0. The number of hydrogen-bond acceptors (Lipinski definition) is 2. The number of carbonyl (C=O) groups is 1. The quantitative estimate of drug-likeness (QED) is 0.211. The van der Waals surface area contributed by atoms with Crippen molar-refractivity contribution in [1.82, 2.24) is 0 Å². The number of carboxylic acids is 1. The molecule has 27 heavy (non-hydrogen) atoms. The van der Waals surface area contributed by atoms with E-state index in [1.54, 1.807) is 0 Å². The van der Waals surface area contributed by atoms with Crippen molar-refractivity contribution in [2.24, 2.45) is 0 Å². The molecule has 0 radical (unpaired) electrons. The lowest BCUT2D eigenvalue weighted by Gasteiger charge is -2.24. The second-order valence-corrected chi connectivity index (χ2v) is 7.37. The molecule has 0 spiro atoms. The van der Waals surface area contributed by atoms with Gasteiger partial charge < -0.3 is 10.2 Å². The van der Waals surface area contributed by atoms with E-state index < -0.39 is 24.2 Å². The molecule has 0 aromatic heterocycles. The Bertz CT molecular complexity index is 408. The molecule has 0 heterocycles. The second-order valence-electron chi connectivity index (χ2n) is 7.37. The van der Waals surface area contributed by atoms with Gasteiger partial charge in [-0.15, -0.1) is 0 Å². The van der Waals surface area contributed by atoms with E-state index in [0.29, 0.717) is 6.42 Å². The van der Waals surface area contributed by atoms with E-state index in [0.717, 1.165) is 25.3 Å². The van der Waals surface area contributed by atoms with Crippen molar-refractivity contribution < 1.29 is 28.2 Å². The predicted molar refractivity (Wildman–Crippen MR) is 103 cm³/mol. The Labute approximate surface area is 162 Å². The van der Waals surface area contributed by atoms with Gasteiger partial charge in [0.15, 0.2) is 0 Å². The van der Waals surface area contributed by atoms with Crippen molar-refractivity contribution in [3.05, 3.63) is 12.2 Å². The number of allylic oxidation sites excluding steroid dienone is 1. The van der Waals surface area contributed by atoms with Gasteiger partial charge in [-0.25, -0.2) is 4.79 Å². The molecule has 0 aliphatic carbocycles. The van der Waals surface area contributed by atoms with Crippen molar-refractivity contribution in [2.75, 3.05) is 0 Å². The fourth-order valence-electron chi connectivity index (χ4n) is 2.98. The standard InChI is InChI=1S/C21H37F3O3/c1-2-3-4-5-6-7-8-9-10-11-12-13-14-15-16-17-18-20(27,19(25)26)21(22,23)24/h16-17,27H,2-15,18H2,1H3,(H,25,26)/b17-16-/t20-/m0/s1. The maximum Gasteiger partial charge on any atom is 0.428 e.